The van der Waals surface area contributed by atoms with Gasteiger partial charge in [0.15, 0.2) is 0 Å². The third kappa shape index (κ3) is 5.18. The first-order valence-corrected chi connectivity index (χ1v) is 11.7. The van der Waals surface area contributed by atoms with Gasteiger partial charge < -0.3 is 11.1 Å². The molecule has 0 aliphatic rings. The highest BCUT2D eigenvalue weighted by atomic mass is 32.1. The second-order valence-electron chi connectivity index (χ2n) is 8.15. The lowest BCUT2D eigenvalue weighted by molar-refractivity contribution is -0.137. The van der Waals surface area contributed by atoms with E-state index in [1.165, 1.54) is 17.4 Å². The van der Waals surface area contributed by atoms with Gasteiger partial charge in [0.25, 0.3) is 0 Å². The van der Waals surface area contributed by atoms with Gasteiger partial charge in [-0.1, -0.05) is 59.9 Å². The van der Waals surface area contributed by atoms with Crippen LogP contribution < -0.4 is 11.1 Å². The Balaban J connectivity index is 1.27. The molecular weight excluding hydrogens is 473 g/mol. The van der Waals surface area contributed by atoms with Crippen LogP contribution in [0.25, 0.3) is 32.7 Å². The van der Waals surface area contributed by atoms with Crippen molar-refractivity contribution in [2.45, 2.75) is 18.6 Å². The number of aromatic amines is 1. The van der Waals surface area contributed by atoms with Gasteiger partial charge in [-0.3, -0.25) is 5.10 Å². The fourth-order valence-electron chi connectivity index (χ4n) is 3.84. The predicted octanol–water partition coefficient (Wildman–Crippen LogP) is 5.75. The average molecular weight is 495 g/mol. The molecule has 2 aromatic heterocycles. The number of anilines is 1. The van der Waals surface area contributed by atoms with Crippen LogP contribution in [-0.4, -0.2) is 33.0 Å². The number of halogens is 3. The molecule has 10 heteroatoms. The van der Waals surface area contributed by atoms with Crippen molar-refractivity contribution < 1.29 is 13.2 Å². The summed E-state index contributed by atoms with van der Waals surface area (Å²) < 4.78 is 38.8. The molecule has 2 heterocycles. The van der Waals surface area contributed by atoms with Gasteiger partial charge in [-0.2, -0.15) is 18.3 Å². The molecule has 6 nitrogen and oxygen atoms in total. The van der Waals surface area contributed by atoms with Crippen molar-refractivity contribution in [1.29, 1.82) is 0 Å². The SMILES string of the molecule is N[C@H](CNc1nnc(-c2ccc3[nH]nc(-c4ccccc4)c3c2)s1)Cc1cccc(C(F)(F)F)c1. The molecule has 0 aliphatic heterocycles. The zero-order chi connectivity index (χ0) is 24.4. The Bertz CT molecular complexity index is 1440. The second kappa shape index (κ2) is 9.47. The summed E-state index contributed by atoms with van der Waals surface area (Å²) >= 11 is 1.38. The van der Waals surface area contributed by atoms with Crippen LogP contribution in [0.4, 0.5) is 18.3 Å². The smallest absolute Gasteiger partial charge is 0.359 e. The zero-order valence-electron chi connectivity index (χ0n) is 18.4. The number of alkyl halides is 3. The van der Waals surface area contributed by atoms with E-state index in [4.69, 9.17) is 5.73 Å². The summed E-state index contributed by atoms with van der Waals surface area (Å²) in [4.78, 5) is 0. The average Bonchev–Trinajstić information content (AvgIpc) is 3.50. The zero-order valence-corrected chi connectivity index (χ0v) is 19.2. The van der Waals surface area contributed by atoms with Gasteiger partial charge >= 0.3 is 6.18 Å². The van der Waals surface area contributed by atoms with E-state index in [1.807, 2.05) is 48.5 Å². The number of aromatic nitrogens is 4. The quantitative estimate of drug-likeness (QED) is 0.268. The highest BCUT2D eigenvalue weighted by Crippen LogP contribution is 2.33. The highest BCUT2D eigenvalue weighted by molar-refractivity contribution is 7.18. The topological polar surface area (TPSA) is 92.5 Å². The van der Waals surface area contributed by atoms with Crippen LogP contribution in [0.5, 0.6) is 0 Å². The maximum atomic E-state index is 12.9. The fourth-order valence-corrected chi connectivity index (χ4v) is 4.59. The summed E-state index contributed by atoms with van der Waals surface area (Å²) in [6.45, 7) is 0.351. The van der Waals surface area contributed by atoms with E-state index in [9.17, 15) is 13.2 Å². The molecule has 0 fully saturated rings. The first-order valence-electron chi connectivity index (χ1n) is 10.9. The van der Waals surface area contributed by atoms with Crippen LogP contribution in [-0.2, 0) is 12.6 Å². The number of H-pyrrole nitrogens is 1. The summed E-state index contributed by atoms with van der Waals surface area (Å²) in [6.07, 6.45) is -4.06. The molecule has 35 heavy (non-hydrogen) atoms. The van der Waals surface area contributed by atoms with Crippen LogP contribution >= 0.6 is 11.3 Å². The summed E-state index contributed by atoms with van der Waals surface area (Å²) in [7, 11) is 0. The molecule has 4 N–H and O–H groups in total. The molecule has 0 radical (unpaired) electrons. The Kier molecular flexibility index (Phi) is 6.23. The lowest BCUT2D eigenvalue weighted by Crippen LogP contribution is -2.31. The summed E-state index contributed by atoms with van der Waals surface area (Å²) in [6, 6.07) is 20.7. The standard InChI is InChI=1S/C25H21F3N6S/c26-25(27,28)18-8-4-5-15(11-18)12-19(29)14-30-24-34-33-23(35-24)17-9-10-21-20(13-17)22(32-31-21)16-6-2-1-3-7-16/h1-11,13,19H,12,14,29H2,(H,30,34)(H,31,32)/t19-/m0/s1. The molecule has 0 saturated carbocycles. The summed E-state index contributed by atoms with van der Waals surface area (Å²) in [5.41, 5.74) is 9.74. The fraction of sp³-hybridized carbons (Fsp3) is 0.160. The van der Waals surface area contributed by atoms with E-state index in [0.717, 1.165) is 44.9 Å². The number of benzene rings is 3. The number of nitrogens with two attached hydrogens (primary N) is 1. The lowest BCUT2D eigenvalue weighted by Gasteiger charge is -2.13. The van der Waals surface area contributed by atoms with Crippen LogP contribution in [0.1, 0.15) is 11.1 Å². The Hall–Kier alpha value is -3.76. The maximum absolute atomic E-state index is 12.9. The van der Waals surface area contributed by atoms with Crippen molar-refractivity contribution in [3.8, 4) is 21.8 Å². The molecule has 0 aliphatic carbocycles. The molecule has 0 spiro atoms. The minimum Gasteiger partial charge on any atom is -0.359 e. The van der Waals surface area contributed by atoms with Crippen LogP contribution in [0.15, 0.2) is 72.8 Å². The van der Waals surface area contributed by atoms with Gasteiger partial charge in [0.1, 0.15) is 5.01 Å². The van der Waals surface area contributed by atoms with E-state index in [-0.39, 0.29) is 6.04 Å². The number of nitrogens with zero attached hydrogens (tertiary/aromatic N) is 3. The van der Waals surface area contributed by atoms with Gasteiger partial charge in [0, 0.05) is 29.1 Å². The molecular formula is C25H21F3N6S. The van der Waals surface area contributed by atoms with E-state index in [1.54, 1.807) is 6.07 Å². The molecule has 0 amide bonds. The highest BCUT2D eigenvalue weighted by Gasteiger charge is 2.30. The first-order chi connectivity index (χ1) is 16.9. The number of rotatable bonds is 7. The van der Waals surface area contributed by atoms with Crippen molar-refractivity contribution in [3.63, 3.8) is 0 Å². The van der Waals surface area contributed by atoms with Crippen molar-refractivity contribution in [2.75, 3.05) is 11.9 Å². The van der Waals surface area contributed by atoms with Crippen molar-refractivity contribution in [1.82, 2.24) is 20.4 Å². The van der Waals surface area contributed by atoms with Crippen molar-refractivity contribution in [2.24, 2.45) is 5.73 Å². The Morgan fingerprint density at radius 3 is 2.57 bits per heavy atom. The van der Waals surface area contributed by atoms with E-state index in [0.29, 0.717) is 23.7 Å². The molecule has 3 aromatic carbocycles. The third-order valence-electron chi connectivity index (χ3n) is 5.55. The predicted molar refractivity (Wildman–Crippen MR) is 132 cm³/mol. The maximum Gasteiger partial charge on any atom is 0.416 e. The number of fused-ring (bicyclic) bond motifs is 1. The van der Waals surface area contributed by atoms with E-state index < -0.39 is 11.7 Å². The molecule has 5 rings (SSSR count). The second-order valence-corrected chi connectivity index (χ2v) is 9.13. The normalized spacial score (nSPS) is 12.7. The Morgan fingerprint density at radius 2 is 1.77 bits per heavy atom. The van der Waals surface area contributed by atoms with Gasteiger partial charge in [-0.15, -0.1) is 10.2 Å². The minimum atomic E-state index is -4.37. The van der Waals surface area contributed by atoms with Crippen LogP contribution in [0.3, 0.4) is 0 Å². The van der Waals surface area contributed by atoms with Gasteiger partial charge in [0.2, 0.25) is 5.13 Å². The molecule has 5 aromatic rings. The molecule has 1 atom stereocenters. The van der Waals surface area contributed by atoms with Crippen LogP contribution in [0.2, 0.25) is 0 Å². The summed E-state index contributed by atoms with van der Waals surface area (Å²) in [5, 5.41) is 21.5. The molecule has 0 unspecified atom stereocenters. The molecule has 178 valence electrons. The van der Waals surface area contributed by atoms with E-state index in [2.05, 4.69) is 25.7 Å². The largest absolute Gasteiger partial charge is 0.416 e. The summed E-state index contributed by atoms with van der Waals surface area (Å²) in [5.74, 6) is 0. The van der Waals surface area contributed by atoms with Gasteiger partial charge in [-0.05, 0) is 36.2 Å². The van der Waals surface area contributed by atoms with Crippen molar-refractivity contribution in [3.05, 3.63) is 83.9 Å². The number of nitrogens with one attached hydrogen (secondary N) is 2. The lowest BCUT2D eigenvalue weighted by atomic mass is 10.0. The molecule has 0 saturated heterocycles. The monoisotopic (exact) mass is 494 g/mol. The third-order valence-corrected chi connectivity index (χ3v) is 6.48. The van der Waals surface area contributed by atoms with Gasteiger partial charge in [-0.25, -0.2) is 0 Å². The van der Waals surface area contributed by atoms with Crippen molar-refractivity contribution >= 4 is 27.4 Å². The molecule has 0 bridgehead atoms. The Labute approximate surface area is 203 Å². The number of hydrogen-bond acceptors (Lipinski definition) is 6. The van der Waals surface area contributed by atoms with Crippen LogP contribution in [0, 0.1) is 0 Å². The Morgan fingerprint density at radius 1 is 0.943 bits per heavy atom. The van der Waals surface area contributed by atoms with Gasteiger partial charge in [0.05, 0.1) is 16.8 Å². The minimum absolute atomic E-state index is 0.308. The number of hydrogen-bond donors (Lipinski definition) is 3. The van der Waals surface area contributed by atoms with E-state index >= 15 is 0 Å². The first kappa shape index (κ1) is 23.0.